The summed E-state index contributed by atoms with van der Waals surface area (Å²) in [5.74, 6) is -0.688. The zero-order valence-corrected chi connectivity index (χ0v) is 18.7. The number of ether oxygens (including phenoxy) is 1. The third kappa shape index (κ3) is 5.51. The Labute approximate surface area is 196 Å². The highest BCUT2D eigenvalue weighted by atomic mass is 19.1. The third-order valence-corrected chi connectivity index (χ3v) is 5.88. The monoisotopic (exact) mass is 467 g/mol. The summed E-state index contributed by atoms with van der Waals surface area (Å²) < 4.78 is 21.0. The predicted molar refractivity (Wildman–Crippen MR) is 123 cm³/mol. The van der Waals surface area contributed by atoms with E-state index in [2.05, 4.69) is 20.3 Å². The van der Waals surface area contributed by atoms with Gasteiger partial charge in [0.15, 0.2) is 11.6 Å². The Morgan fingerprint density at radius 3 is 2.56 bits per heavy atom. The molecule has 1 unspecified atom stereocenters. The zero-order valence-electron chi connectivity index (χ0n) is 18.7. The summed E-state index contributed by atoms with van der Waals surface area (Å²) in [4.78, 5) is 29.8. The molecule has 2 aromatic heterocycles. The lowest BCUT2D eigenvalue weighted by atomic mass is 9.94. The quantitative estimate of drug-likeness (QED) is 0.530. The number of carboxylic acids is 1. The highest BCUT2D eigenvalue weighted by Gasteiger charge is 2.23. The molecule has 4 rings (SSSR count). The van der Waals surface area contributed by atoms with Crippen LogP contribution in [0, 0.1) is 11.7 Å². The Bertz CT molecular complexity index is 1130. The van der Waals surface area contributed by atoms with Gasteiger partial charge >= 0.3 is 12.1 Å². The van der Waals surface area contributed by atoms with Crippen LogP contribution in [0.25, 0.3) is 5.69 Å². The van der Waals surface area contributed by atoms with Gasteiger partial charge in [-0.05, 0) is 43.4 Å². The summed E-state index contributed by atoms with van der Waals surface area (Å²) in [6.07, 6.45) is 3.01. The number of pyridine rings is 1. The first-order chi connectivity index (χ1) is 16.4. The largest absolute Gasteiger partial charge is 0.481 e. The number of halogens is 1. The number of aromatic nitrogens is 3. The first kappa shape index (κ1) is 23.2. The summed E-state index contributed by atoms with van der Waals surface area (Å²) in [6, 6.07) is 12.8. The van der Waals surface area contributed by atoms with E-state index in [0.29, 0.717) is 5.69 Å². The highest BCUT2D eigenvalue weighted by Crippen LogP contribution is 2.26. The van der Waals surface area contributed by atoms with E-state index >= 15 is 0 Å². The molecule has 1 fully saturated rings. The molecule has 1 aromatic carbocycles. The Morgan fingerprint density at radius 1 is 1.18 bits per heavy atom. The molecule has 0 spiro atoms. The van der Waals surface area contributed by atoms with E-state index < -0.39 is 24.0 Å². The van der Waals surface area contributed by atoms with Crippen molar-refractivity contribution in [3.05, 3.63) is 66.2 Å². The minimum absolute atomic E-state index is 0.144. The molecule has 0 aliphatic carbocycles. The molecule has 1 amide bonds. The fraction of sp³-hybridized carbons (Fsp3) is 0.333. The lowest BCUT2D eigenvalue weighted by Gasteiger charge is -2.32. The van der Waals surface area contributed by atoms with Crippen molar-refractivity contribution in [2.75, 3.05) is 23.3 Å². The van der Waals surface area contributed by atoms with Gasteiger partial charge in [-0.1, -0.05) is 30.3 Å². The lowest BCUT2D eigenvalue weighted by Crippen LogP contribution is -2.34. The van der Waals surface area contributed by atoms with E-state index in [0.717, 1.165) is 43.5 Å². The van der Waals surface area contributed by atoms with Gasteiger partial charge in [-0.25, -0.2) is 18.9 Å². The molecule has 1 aliphatic rings. The van der Waals surface area contributed by atoms with Gasteiger partial charge < -0.3 is 14.7 Å². The zero-order chi connectivity index (χ0) is 24.1. The number of nitrogens with one attached hydrogen (secondary N) is 1. The van der Waals surface area contributed by atoms with E-state index in [-0.39, 0.29) is 18.2 Å². The summed E-state index contributed by atoms with van der Waals surface area (Å²) in [6.45, 7) is 3.17. The van der Waals surface area contributed by atoms with Crippen molar-refractivity contribution in [2.24, 2.45) is 5.92 Å². The summed E-state index contributed by atoms with van der Waals surface area (Å²) in [7, 11) is 0. The van der Waals surface area contributed by atoms with Gasteiger partial charge in [0.05, 0.1) is 18.1 Å². The summed E-state index contributed by atoms with van der Waals surface area (Å²) in [5, 5.41) is 15.4. The fourth-order valence-corrected chi connectivity index (χ4v) is 4.02. The second-order valence-electron chi connectivity index (χ2n) is 8.24. The minimum Gasteiger partial charge on any atom is -0.481 e. The van der Waals surface area contributed by atoms with Crippen molar-refractivity contribution in [3.63, 3.8) is 0 Å². The number of anilines is 2. The second kappa shape index (κ2) is 10.3. The Morgan fingerprint density at radius 2 is 1.91 bits per heavy atom. The van der Waals surface area contributed by atoms with Crippen LogP contribution in [-0.2, 0) is 9.53 Å². The van der Waals surface area contributed by atoms with Crippen molar-refractivity contribution in [3.8, 4) is 5.69 Å². The van der Waals surface area contributed by atoms with Crippen LogP contribution in [0.3, 0.4) is 0 Å². The SMILES string of the molecule is CC(OC(=O)Nc1c(F)cnn1-c1ccc(N2CCC(CC(=O)O)CC2)nc1)c1ccccc1. The maximum Gasteiger partial charge on any atom is 0.413 e. The van der Waals surface area contributed by atoms with E-state index in [1.807, 2.05) is 30.3 Å². The van der Waals surface area contributed by atoms with Crippen LogP contribution in [0.1, 0.15) is 37.9 Å². The third-order valence-electron chi connectivity index (χ3n) is 5.88. The Balaban J connectivity index is 1.40. The molecular weight excluding hydrogens is 441 g/mol. The molecule has 2 N–H and O–H groups in total. The van der Waals surface area contributed by atoms with Gasteiger partial charge in [0.25, 0.3) is 0 Å². The van der Waals surface area contributed by atoms with Gasteiger partial charge in [-0.2, -0.15) is 5.10 Å². The van der Waals surface area contributed by atoms with Crippen LogP contribution < -0.4 is 10.2 Å². The number of carbonyl (C=O) groups excluding carboxylic acids is 1. The smallest absolute Gasteiger partial charge is 0.413 e. The van der Waals surface area contributed by atoms with Gasteiger partial charge in [0, 0.05) is 19.5 Å². The molecule has 178 valence electrons. The average Bonchev–Trinajstić information content (AvgIpc) is 3.19. The number of nitrogens with zero attached hydrogens (tertiary/aromatic N) is 4. The van der Waals surface area contributed by atoms with Crippen LogP contribution in [-0.4, -0.2) is 45.0 Å². The maximum absolute atomic E-state index is 14.4. The number of benzene rings is 1. The van der Waals surface area contributed by atoms with Crippen LogP contribution in [0.2, 0.25) is 0 Å². The Kier molecular flexibility index (Phi) is 7.05. The molecular formula is C24H26FN5O4. The Hall–Kier alpha value is -3.95. The first-order valence-electron chi connectivity index (χ1n) is 11.1. The van der Waals surface area contributed by atoms with Gasteiger partial charge in [0.1, 0.15) is 11.9 Å². The van der Waals surface area contributed by atoms with E-state index in [1.54, 1.807) is 25.3 Å². The lowest BCUT2D eigenvalue weighted by molar-refractivity contribution is -0.138. The maximum atomic E-state index is 14.4. The molecule has 1 saturated heterocycles. The number of rotatable bonds is 7. The van der Waals surface area contributed by atoms with Gasteiger partial charge in [0.2, 0.25) is 0 Å². The second-order valence-corrected chi connectivity index (χ2v) is 8.24. The fourth-order valence-electron chi connectivity index (χ4n) is 4.02. The summed E-state index contributed by atoms with van der Waals surface area (Å²) in [5.41, 5.74) is 1.29. The van der Waals surface area contributed by atoms with Crippen molar-refractivity contribution < 1.29 is 23.8 Å². The molecule has 3 aromatic rings. The molecule has 34 heavy (non-hydrogen) atoms. The number of amides is 1. The van der Waals surface area contributed by atoms with E-state index in [1.165, 1.54) is 4.68 Å². The van der Waals surface area contributed by atoms with Crippen LogP contribution in [0.15, 0.2) is 54.9 Å². The molecule has 1 aliphatic heterocycles. The van der Waals surface area contributed by atoms with Crippen molar-refractivity contribution in [1.82, 2.24) is 14.8 Å². The molecule has 1 atom stereocenters. The van der Waals surface area contributed by atoms with Crippen LogP contribution in [0.4, 0.5) is 20.8 Å². The minimum atomic E-state index is -0.800. The molecule has 10 heteroatoms. The molecule has 0 bridgehead atoms. The molecule has 0 radical (unpaired) electrons. The van der Waals surface area contributed by atoms with Crippen molar-refractivity contribution >= 4 is 23.7 Å². The van der Waals surface area contributed by atoms with E-state index in [4.69, 9.17) is 9.84 Å². The van der Waals surface area contributed by atoms with Crippen molar-refractivity contribution in [2.45, 2.75) is 32.3 Å². The number of aliphatic carboxylic acids is 1. The van der Waals surface area contributed by atoms with Crippen molar-refractivity contribution in [1.29, 1.82) is 0 Å². The van der Waals surface area contributed by atoms with Crippen LogP contribution >= 0.6 is 0 Å². The molecule has 9 nitrogen and oxygen atoms in total. The first-order valence-corrected chi connectivity index (χ1v) is 11.1. The van der Waals surface area contributed by atoms with Gasteiger partial charge in [-0.3, -0.25) is 10.1 Å². The number of hydrogen-bond acceptors (Lipinski definition) is 6. The molecule has 0 saturated carbocycles. The summed E-state index contributed by atoms with van der Waals surface area (Å²) >= 11 is 0. The predicted octanol–water partition coefficient (Wildman–Crippen LogP) is 4.41. The normalized spacial score (nSPS) is 15.1. The standard InChI is InChI=1S/C24H26FN5O4/c1-16(18-5-3-2-4-6-18)34-24(33)28-23-20(25)15-27-30(23)19-7-8-21(26-14-19)29-11-9-17(10-12-29)13-22(31)32/h2-8,14-17H,9-13H2,1H3,(H,28,33)(H,31,32). The topological polar surface area (TPSA) is 110 Å². The highest BCUT2D eigenvalue weighted by molar-refractivity contribution is 5.84. The average molecular weight is 468 g/mol. The van der Waals surface area contributed by atoms with E-state index in [9.17, 15) is 14.0 Å². The molecule has 3 heterocycles. The van der Waals surface area contributed by atoms with Crippen LogP contribution in [0.5, 0.6) is 0 Å². The number of piperidine rings is 1. The number of carbonyl (C=O) groups is 2. The number of carboxylic acid groups (broad SMARTS) is 1. The van der Waals surface area contributed by atoms with Gasteiger partial charge in [-0.15, -0.1) is 0 Å². The number of hydrogen-bond donors (Lipinski definition) is 2.